The van der Waals surface area contributed by atoms with Gasteiger partial charge in [-0.1, -0.05) is 158 Å². The summed E-state index contributed by atoms with van der Waals surface area (Å²) >= 11 is 0. The Labute approximate surface area is 296 Å². The van der Waals surface area contributed by atoms with Crippen LogP contribution in [0.2, 0.25) is 0 Å². The maximum absolute atomic E-state index is 5.14. The van der Waals surface area contributed by atoms with Gasteiger partial charge in [0.05, 0.1) is 11.0 Å². The minimum Gasteiger partial charge on any atom is -0.292 e. The van der Waals surface area contributed by atoms with E-state index in [-0.39, 0.29) is 0 Å². The Hall–Kier alpha value is -6.77. The van der Waals surface area contributed by atoms with Crippen molar-refractivity contribution in [2.75, 3.05) is 0 Å². The predicted molar refractivity (Wildman–Crippen MR) is 215 cm³/mol. The molecule has 0 radical (unpaired) electrons. The zero-order valence-electron chi connectivity index (χ0n) is 27.9. The summed E-state index contributed by atoms with van der Waals surface area (Å²) in [7, 11) is 0. The van der Waals surface area contributed by atoms with E-state index in [1.807, 2.05) is 0 Å². The molecule has 0 saturated heterocycles. The Morgan fingerprint density at radius 1 is 0.314 bits per heavy atom. The molecule has 1 heterocycles. The van der Waals surface area contributed by atoms with Crippen LogP contribution in [0, 0.1) is 0 Å². The molecule has 10 aromatic rings. The van der Waals surface area contributed by atoms with Crippen molar-refractivity contribution >= 4 is 43.4 Å². The topological polar surface area (TPSA) is 17.8 Å². The van der Waals surface area contributed by atoms with E-state index in [2.05, 4.69) is 199 Å². The number of rotatable bonds is 5. The number of fused-ring (bicyclic) bond motifs is 6. The first-order chi connectivity index (χ1) is 25.3. The second kappa shape index (κ2) is 12.0. The van der Waals surface area contributed by atoms with Gasteiger partial charge in [0, 0.05) is 11.3 Å². The molecule has 0 spiro atoms. The van der Waals surface area contributed by atoms with Gasteiger partial charge in [-0.15, -0.1) is 0 Å². The zero-order chi connectivity index (χ0) is 33.7. The van der Waals surface area contributed by atoms with Crippen LogP contribution in [0.5, 0.6) is 0 Å². The molecule has 0 fully saturated rings. The first-order valence-electron chi connectivity index (χ1n) is 17.5. The van der Waals surface area contributed by atoms with Crippen LogP contribution in [0.3, 0.4) is 0 Å². The maximum atomic E-state index is 5.14. The fourth-order valence-corrected chi connectivity index (χ4v) is 7.76. The molecule has 1 aromatic heterocycles. The summed E-state index contributed by atoms with van der Waals surface area (Å²) in [5.41, 5.74) is 11.5. The molecule has 2 heteroatoms. The van der Waals surface area contributed by atoms with E-state index in [9.17, 15) is 0 Å². The molecule has 10 rings (SSSR count). The standard InChI is InChI=1S/C49H32N2/c1-3-13-33(14-4-1)34-23-25-37(26-24-34)49-50-47-21-11-12-22-48(47)51(49)38-29-27-36(28-30-38)44-32-46-41-19-9-7-17-39(41)43(35-15-5-2-6-16-35)31-45(46)42-20-10-8-18-40(42)44/h1-32H. The van der Waals surface area contributed by atoms with E-state index in [1.54, 1.807) is 0 Å². The van der Waals surface area contributed by atoms with E-state index in [1.165, 1.54) is 65.7 Å². The highest BCUT2D eigenvalue weighted by Crippen LogP contribution is 2.42. The SMILES string of the molecule is c1ccc(-c2ccc(-c3nc4ccccc4n3-c3ccc(-c4cc5c6ccccc6c(-c6ccccc6)cc5c5ccccc45)cc3)cc2)cc1. The molecule has 0 aliphatic rings. The van der Waals surface area contributed by atoms with Crippen molar-refractivity contribution in [2.24, 2.45) is 0 Å². The molecule has 0 N–H and O–H groups in total. The van der Waals surface area contributed by atoms with Gasteiger partial charge in [0.1, 0.15) is 5.82 Å². The van der Waals surface area contributed by atoms with Gasteiger partial charge < -0.3 is 0 Å². The quantitative estimate of drug-likeness (QED) is 0.170. The lowest BCUT2D eigenvalue weighted by atomic mass is 9.88. The van der Waals surface area contributed by atoms with Crippen molar-refractivity contribution in [2.45, 2.75) is 0 Å². The van der Waals surface area contributed by atoms with Gasteiger partial charge in [-0.2, -0.15) is 0 Å². The van der Waals surface area contributed by atoms with Crippen LogP contribution in [0.1, 0.15) is 0 Å². The van der Waals surface area contributed by atoms with Crippen LogP contribution in [-0.2, 0) is 0 Å². The van der Waals surface area contributed by atoms with E-state index in [4.69, 9.17) is 4.98 Å². The van der Waals surface area contributed by atoms with Gasteiger partial charge in [-0.05, 0) is 102 Å². The molecule has 238 valence electrons. The molecule has 0 atom stereocenters. The molecule has 2 nitrogen and oxygen atoms in total. The van der Waals surface area contributed by atoms with Crippen molar-refractivity contribution in [3.63, 3.8) is 0 Å². The third kappa shape index (κ3) is 4.92. The monoisotopic (exact) mass is 648 g/mol. The minimum absolute atomic E-state index is 0.931. The number of hydrogen-bond acceptors (Lipinski definition) is 1. The molecule has 0 unspecified atom stereocenters. The average molecular weight is 649 g/mol. The van der Waals surface area contributed by atoms with E-state index in [0.717, 1.165) is 28.1 Å². The maximum Gasteiger partial charge on any atom is 0.145 e. The van der Waals surface area contributed by atoms with Crippen molar-refractivity contribution in [1.82, 2.24) is 9.55 Å². The largest absolute Gasteiger partial charge is 0.292 e. The molecule has 0 amide bonds. The molecule has 0 aliphatic heterocycles. The third-order valence-corrected chi connectivity index (χ3v) is 10.2. The lowest BCUT2D eigenvalue weighted by Crippen LogP contribution is -1.98. The summed E-state index contributed by atoms with van der Waals surface area (Å²) < 4.78 is 2.29. The molecule has 51 heavy (non-hydrogen) atoms. The summed E-state index contributed by atoms with van der Waals surface area (Å²) in [6, 6.07) is 69.8. The molecule has 0 aliphatic carbocycles. The molecule has 0 saturated carbocycles. The van der Waals surface area contributed by atoms with Crippen molar-refractivity contribution in [3.05, 3.63) is 194 Å². The second-order valence-electron chi connectivity index (χ2n) is 13.2. The first kappa shape index (κ1) is 29.2. The normalized spacial score (nSPS) is 11.5. The third-order valence-electron chi connectivity index (χ3n) is 10.2. The Bertz CT molecular complexity index is 2870. The summed E-state index contributed by atoms with van der Waals surface area (Å²) in [6.07, 6.45) is 0. The Balaban J connectivity index is 1.12. The van der Waals surface area contributed by atoms with E-state index in [0.29, 0.717) is 0 Å². The number of benzene rings is 9. The predicted octanol–water partition coefficient (Wildman–Crippen LogP) is 13.2. The second-order valence-corrected chi connectivity index (χ2v) is 13.2. The Morgan fingerprint density at radius 2 is 0.745 bits per heavy atom. The highest BCUT2D eigenvalue weighted by atomic mass is 15.1. The number of nitrogens with zero attached hydrogens (tertiary/aromatic N) is 2. The zero-order valence-corrected chi connectivity index (χ0v) is 27.9. The van der Waals surface area contributed by atoms with Crippen LogP contribution in [0.15, 0.2) is 194 Å². The van der Waals surface area contributed by atoms with Gasteiger partial charge in [-0.25, -0.2) is 4.98 Å². The highest BCUT2D eigenvalue weighted by molar-refractivity contribution is 6.23. The van der Waals surface area contributed by atoms with Crippen molar-refractivity contribution < 1.29 is 0 Å². The molecular formula is C49H32N2. The lowest BCUT2D eigenvalue weighted by Gasteiger charge is -2.16. The number of aromatic nitrogens is 2. The fraction of sp³-hybridized carbons (Fsp3) is 0. The van der Waals surface area contributed by atoms with Crippen LogP contribution < -0.4 is 0 Å². The van der Waals surface area contributed by atoms with E-state index < -0.39 is 0 Å². The van der Waals surface area contributed by atoms with Gasteiger partial charge in [-0.3, -0.25) is 4.57 Å². The van der Waals surface area contributed by atoms with Gasteiger partial charge >= 0.3 is 0 Å². The van der Waals surface area contributed by atoms with Crippen LogP contribution in [0.4, 0.5) is 0 Å². The molecular weight excluding hydrogens is 617 g/mol. The van der Waals surface area contributed by atoms with Crippen molar-refractivity contribution in [3.8, 4) is 50.5 Å². The summed E-state index contributed by atoms with van der Waals surface area (Å²) in [4.78, 5) is 5.14. The summed E-state index contributed by atoms with van der Waals surface area (Å²) in [5.74, 6) is 0.931. The number of imidazole rings is 1. The first-order valence-corrected chi connectivity index (χ1v) is 17.5. The van der Waals surface area contributed by atoms with Gasteiger partial charge in [0.2, 0.25) is 0 Å². The van der Waals surface area contributed by atoms with Gasteiger partial charge in [0.15, 0.2) is 0 Å². The molecule has 9 aromatic carbocycles. The van der Waals surface area contributed by atoms with Crippen molar-refractivity contribution in [1.29, 1.82) is 0 Å². The highest BCUT2D eigenvalue weighted by Gasteiger charge is 2.17. The Kier molecular flexibility index (Phi) is 6.85. The van der Waals surface area contributed by atoms with Gasteiger partial charge in [0.25, 0.3) is 0 Å². The summed E-state index contributed by atoms with van der Waals surface area (Å²) in [6.45, 7) is 0. The average Bonchev–Trinajstić information content (AvgIpc) is 3.61. The summed E-state index contributed by atoms with van der Waals surface area (Å²) in [5, 5.41) is 7.59. The molecule has 0 bridgehead atoms. The number of para-hydroxylation sites is 2. The Morgan fingerprint density at radius 3 is 1.35 bits per heavy atom. The minimum atomic E-state index is 0.931. The lowest BCUT2D eigenvalue weighted by molar-refractivity contribution is 1.10. The van der Waals surface area contributed by atoms with E-state index >= 15 is 0 Å². The van der Waals surface area contributed by atoms with Crippen LogP contribution in [-0.4, -0.2) is 9.55 Å². The van der Waals surface area contributed by atoms with Crippen LogP contribution in [0.25, 0.3) is 93.8 Å². The number of hydrogen-bond donors (Lipinski definition) is 0. The fourth-order valence-electron chi connectivity index (χ4n) is 7.76. The smallest absolute Gasteiger partial charge is 0.145 e. The van der Waals surface area contributed by atoms with Crippen LogP contribution >= 0.6 is 0 Å².